The lowest BCUT2D eigenvalue weighted by molar-refractivity contribution is -0.870. The van der Waals surface area contributed by atoms with Gasteiger partial charge in [0.25, 0.3) is 6.29 Å². The molecule has 80 heavy (non-hydrogen) atoms. The second kappa shape index (κ2) is 61.5. The van der Waals surface area contributed by atoms with Crippen molar-refractivity contribution in [1.82, 2.24) is 0 Å². The predicted molar refractivity (Wildman–Crippen MR) is 341 cm³/mol. The van der Waals surface area contributed by atoms with Gasteiger partial charge in [-0.3, -0.25) is 9.59 Å². The number of carboxylic acid groups (broad SMARTS) is 1. The first-order valence-corrected chi connectivity index (χ1v) is 33.3. The highest BCUT2D eigenvalue weighted by atomic mass is 16.7. The van der Waals surface area contributed by atoms with Crippen LogP contribution in [0.2, 0.25) is 0 Å². The molecule has 462 valence electrons. The molecule has 0 amide bonds. The van der Waals surface area contributed by atoms with Crippen molar-refractivity contribution in [3.63, 3.8) is 0 Å². The molecule has 0 bridgehead atoms. The van der Waals surface area contributed by atoms with E-state index >= 15 is 0 Å². The van der Waals surface area contributed by atoms with Crippen LogP contribution in [0.1, 0.15) is 290 Å². The van der Waals surface area contributed by atoms with Gasteiger partial charge >= 0.3 is 17.9 Å². The number of carbonyl (C=O) groups excluding carboxylic acids is 2. The highest BCUT2D eigenvalue weighted by Gasteiger charge is 2.25. The smallest absolute Gasteiger partial charge is 0.361 e. The predicted octanol–water partition coefficient (Wildman–Crippen LogP) is 20.3. The van der Waals surface area contributed by atoms with E-state index in [4.69, 9.17) is 18.9 Å². The van der Waals surface area contributed by atoms with Gasteiger partial charge in [-0.15, -0.1) is 0 Å². The van der Waals surface area contributed by atoms with E-state index in [1.54, 1.807) is 0 Å². The van der Waals surface area contributed by atoms with Gasteiger partial charge < -0.3 is 28.5 Å². The van der Waals surface area contributed by atoms with Crippen molar-refractivity contribution >= 4 is 17.9 Å². The summed E-state index contributed by atoms with van der Waals surface area (Å²) in [5, 5.41) is 9.73. The zero-order chi connectivity index (χ0) is 58.3. The summed E-state index contributed by atoms with van der Waals surface area (Å²) < 4.78 is 22.9. The summed E-state index contributed by atoms with van der Waals surface area (Å²) in [6, 6.07) is 0. The number of nitrogens with zero attached hydrogens (tertiary/aromatic N) is 1. The molecule has 0 spiro atoms. The number of hydrogen-bond donors (Lipinski definition) is 1. The van der Waals surface area contributed by atoms with Crippen molar-refractivity contribution in [3.8, 4) is 0 Å². The molecular formula is C71H126NO8+. The number of hydrogen-bond acceptors (Lipinski definition) is 7. The Morgan fingerprint density at radius 2 is 0.713 bits per heavy atom. The Morgan fingerprint density at radius 1 is 0.388 bits per heavy atom. The van der Waals surface area contributed by atoms with Gasteiger partial charge in [-0.2, -0.15) is 0 Å². The van der Waals surface area contributed by atoms with Crippen LogP contribution in [0, 0.1) is 0 Å². The number of aliphatic carboxylic acids is 1. The van der Waals surface area contributed by atoms with Crippen molar-refractivity contribution in [3.05, 3.63) is 85.1 Å². The average molecular weight is 1120 g/mol. The fourth-order valence-corrected chi connectivity index (χ4v) is 9.35. The van der Waals surface area contributed by atoms with Gasteiger partial charge in [-0.25, -0.2) is 4.79 Å². The summed E-state index contributed by atoms with van der Waals surface area (Å²) in [7, 11) is 5.97. The van der Waals surface area contributed by atoms with E-state index in [1.165, 1.54) is 161 Å². The number of quaternary nitrogens is 1. The van der Waals surface area contributed by atoms with E-state index in [9.17, 15) is 19.5 Å². The first kappa shape index (κ1) is 76.5. The fourth-order valence-electron chi connectivity index (χ4n) is 9.35. The molecule has 0 aliphatic rings. The largest absolute Gasteiger partial charge is 0.477 e. The topological polar surface area (TPSA) is 108 Å². The molecule has 0 radical (unpaired) electrons. The van der Waals surface area contributed by atoms with Crippen LogP contribution in [0.3, 0.4) is 0 Å². The van der Waals surface area contributed by atoms with Crippen LogP contribution < -0.4 is 0 Å². The van der Waals surface area contributed by atoms with Crippen LogP contribution in [-0.2, 0) is 33.3 Å². The summed E-state index contributed by atoms with van der Waals surface area (Å²) in [6.45, 7) is 4.77. The summed E-state index contributed by atoms with van der Waals surface area (Å²) in [4.78, 5) is 37.6. The lowest BCUT2D eigenvalue weighted by atomic mass is 10.0. The number of carboxylic acids is 1. The number of unbranched alkanes of at least 4 members (excludes halogenated alkanes) is 32. The van der Waals surface area contributed by atoms with Gasteiger partial charge in [0.1, 0.15) is 13.2 Å². The Kier molecular flexibility index (Phi) is 58.8. The van der Waals surface area contributed by atoms with Crippen LogP contribution in [0.15, 0.2) is 85.1 Å². The Labute approximate surface area is 493 Å². The monoisotopic (exact) mass is 1120 g/mol. The lowest BCUT2D eigenvalue weighted by Gasteiger charge is -2.25. The second-order valence-corrected chi connectivity index (χ2v) is 23.4. The van der Waals surface area contributed by atoms with Crippen molar-refractivity contribution < 1.29 is 42.9 Å². The molecule has 0 aliphatic heterocycles. The minimum atomic E-state index is -1.52. The average Bonchev–Trinajstić information content (AvgIpc) is 3.43. The van der Waals surface area contributed by atoms with Crippen molar-refractivity contribution in [2.45, 2.75) is 302 Å². The van der Waals surface area contributed by atoms with E-state index in [2.05, 4.69) is 98.9 Å². The maximum absolute atomic E-state index is 12.9. The normalized spacial score (nSPS) is 13.3. The molecule has 0 rings (SSSR count). The maximum Gasteiger partial charge on any atom is 0.361 e. The summed E-state index contributed by atoms with van der Waals surface area (Å²) in [6.07, 6.45) is 79.7. The number of carbonyl (C=O) groups is 3. The molecule has 0 aliphatic carbocycles. The fraction of sp³-hybridized carbons (Fsp3) is 0.761. The third-order valence-corrected chi connectivity index (χ3v) is 14.4. The number of likely N-dealkylation sites (N-methyl/N-ethyl adjacent to an activating group) is 1. The Balaban J connectivity index is 4.19. The van der Waals surface area contributed by atoms with E-state index in [0.29, 0.717) is 23.9 Å². The Bertz CT molecular complexity index is 1590. The summed E-state index contributed by atoms with van der Waals surface area (Å²) >= 11 is 0. The molecule has 0 aromatic carbocycles. The van der Waals surface area contributed by atoms with E-state index in [0.717, 1.165) is 96.3 Å². The molecule has 0 aromatic heterocycles. The third kappa shape index (κ3) is 62.1. The van der Waals surface area contributed by atoms with Crippen molar-refractivity contribution in [2.24, 2.45) is 0 Å². The van der Waals surface area contributed by atoms with E-state index in [-0.39, 0.29) is 32.2 Å². The van der Waals surface area contributed by atoms with Crippen LogP contribution in [0.4, 0.5) is 0 Å². The minimum Gasteiger partial charge on any atom is -0.477 e. The lowest BCUT2D eigenvalue weighted by Crippen LogP contribution is -2.40. The molecule has 9 nitrogen and oxygen atoms in total. The molecular weight excluding hydrogens is 995 g/mol. The SMILES string of the molecule is CC/C=C\C/C=C\C/C=C\C/C=C\C/C=C\C/C=C\C/C=C\CCCCCCCC(=O)OC(COC(=O)CCCCCCCCCCCCCCCCCCCCCCCCCCCCCC)COC(OCC[N+](C)(C)C)C(=O)O. The third-order valence-electron chi connectivity index (χ3n) is 14.4. The van der Waals surface area contributed by atoms with E-state index < -0.39 is 24.3 Å². The van der Waals surface area contributed by atoms with Gasteiger partial charge in [0.15, 0.2) is 6.10 Å². The minimum absolute atomic E-state index is 0.181. The Hall–Kier alpha value is -3.53. The van der Waals surface area contributed by atoms with Crippen LogP contribution in [0.5, 0.6) is 0 Å². The van der Waals surface area contributed by atoms with Crippen LogP contribution >= 0.6 is 0 Å². The molecule has 0 aromatic rings. The second-order valence-electron chi connectivity index (χ2n) is 23.4. The molecule has 0 heterocycles. The standard InChI is InChI=1S/C71H125NO8/c1-6-8-10-12-14-16-18-20-22-24-26-28-30-32-34-36-37-39-41-43-45-47-49-51-53-55-57-59-61-68(73)78-65-67(66-79-71(70(75)76)77-64-63-72(3,4)5)80-69(74)62-60-58-56-54-52-50-48-46-44-42-40-38-35-33-31-29-27-25-23-21-19-17-15-13-11-9-7-2/h9,11,15,17,21,23,27,29,33,35,40,42,46,48,67,71H,6-8,10,12-14,16,18-20,22,24-26,28,30-32,34,36-39,41,43-45,47,49-66H2,1-5H3/p+1/b11-9-,17-15-,23-21-,29-27-,35-33-,42-40-,48-46-. The highest BCUT2D eigenvalue weighted by Crippen LogP contribution is 2.18. The number of ether oxygens (including phenoxy) is 4. The van der Waals surface area contributed by atoms with Gasteiger partial charge in [0.05, 0.1) is 34.4 Å². The van der Waals surface area contributed by atoms with Gasteiger partial charge in [-0.1, -0.05) is 292 Å². The van der Waals surface area contributed by atoms with E-state index in [1.807, 2.05) is 21.1 Å². The summed E-state index contributed by atoms with van der Waals surface area (Å²) in [5.74, 6) is -2.02. The summed E-state index contributed by atoms with van der Waals surface area (Å²) in [5.41, 5.74) is 0. The van der Waals surface area contributed by atoms with Crippen molar-refractivity contribution in [1.29, 1.82) is 0 Å². The van der Waals surface area contributed by atoms with Gasteiger partial charge in [-0.05, 0) is 70.6 Å². The molecule has 0 saturated heterocycles. The van der Waals surface area contributed by atoms with Crippen LogP contribution in [0.25, 0.3) is 0 Å². The Morgan fingerprint density at radius 3 is 1.06 bits per heavy atom. The first-order chi connectivity index (χ1) is 39.1. The number of rotatable bonds is 61. The molecule has 9 heteroatoms. The maximum atomic E-state index is 12.9. The number of esters is 2. The molecule has 0 saturated carbocycles. The molecule has 1 N–H and O–H groups in total. The quantitative estimate of drug-likeness (QED) is 0.0211. The molecule has 0 fully saturated rings. The highest BCUT2D eigenvalue weighted by molar-refractivity contribution is 5.71. The molecule has 2 atom stereocenters. The van der Waals surface area contributed by atoms with Crippen LogP contribution in [-0.4, -0.2) is 87.4 Å². The van der Waals surface area contributed by atoms with Gasteiger partial charge in [0, 0.05) is 12.8 Å². The van der Waals surface area contributed by atoms with Crippen molar-refractivity contribution in [2.75, 3.05) is 47.5 Å². The zero-order valence-corrected chi connectivity index (χ0v) is 52.7. The first-order valence-electron chi connectivity index (χ1n) is 33.3. The zero-order valence-electron chi connectivity index (χ0n) is 52.7. The number of allylic oxidation sites excluding steroid dienone is 14. The van der Waals surface area contributed by atoms with Gasteiger partial charge in [0.2, 0.25) is 0 Å². The molecule has 2 unspecified atom stereocenters.